The van der Waals surface area contributed by atoms with Gasteiger partial charge >= 0.3 is 0 Å². The highest BCUT2D eigenvalue weighted by atomic mass is 16.5. The molecule has 0 aliphatic carbocycles. The third-order valence-electron chi connectivity index (χ3n) is 9.37. The maximum absolute atomic E-state index is 10.7. The zero-order chi connectivity index (χ0) is 31.7. The molecular formula is C37H42N2O6. The standard InChI is InChI=1S/C37H42N2O6/c1-38-15-13-26-20-36(43-4)37(44-5)22-29(26)30(38)16-23-6-9-27(10-7-23)45-35-18-24(8-11-32(35)40)17-31-28-21-34(42-3)33(41)19-25(28)12-14-39(31)2/h6-11,18-22,30-31,40-41H,12-17H2,1-5H3. The van der Waals surface area contributed by atoms with E-state index in [0.717, 1.165) is 67.0 Å². The highest BCUT2D eigenvalue weighted by Gasteiger charge is 2.28. The first-order valence-corrected chi connectivity index (χ1v) is 15.4. The number of benzene rings is 4. The van der Waals surface area contributed by atoms with E-state index in [2.05, 4.69) is 48.2 Å². The van der Waals surface area contributed by atoms with E-state index in [1.54, 1.807) is 27.4 Å². The molecule has 8 nitrogen and oxygen atoms in total. The van der Waals surface area contributed by atoms with Gasteiger partial charge in [-0.05, 0) is 122 Å². The first-order chi connectivity index (χ1) is 21.8. The number of methoxy groups -OCH3 is 3. The molecule has 0 fully saturated rings. The van der Waals surface area contributed by atoms with Gasteiger partial charge in [0.15, 0.2) is 34.5 Å². The molecular weight excluding hydrogens is 568 g/mol. The Kier molecular flexibility index (Phi) is 8.79. The fraction of sp³-hybridized carbons (Fsp3) is 0.351. The Morgan fingerprint density at radius 2 is 1.13 bits per heavy atom. The predicted octanol–water partition coefficient (Wildman–Crippen LogP) is 6.46. The summed E-state index contributed by atoms with van der Waals surface area (Å²) in [6.07, 6.45) is 3.41. The van der Waals surface area contributed by atoms with Crippen LogP contribution in [-0.4, -0.2) is 68.5 Å². The van der Waals surface area contributed by atoms with Crippen molar-refractivity contribution in [1.82, 2.24) is 9.80 Å². The summed E-state index contributed by atoms with van der Waals surface area (Å²) in [5.74, 6) is 3.34. The van der Waals surface area contributed by atoms with Gasteiger partial charge in [0.1, 0.15) is 5.75 Å². The third-order valence-corrected chi connectivity index (χ3v) is 9.37. The van der Waals surface area contributed by atoms with Crippen LogP contribution in [0.2, 0.25) is 0 Å². The average molecular weight is 611 g/mol. The Hall–Kier alpha value is -4.40. The Bertz CT molecular complexity index is 1670. The first-order valence-electron chi connectivity index (χ1n) is 15.4. The molecule has 2 N–H and O–H groups in total. The Morgan fingerprint density at radius 3 is 1.76 bits per heavy atom. The second kappa shape index (κ2) is 12.9. The summed E-state index contributed by atoms with van der Waals surface area (Å²) in [7, 11) is 9.21. The highest BCUT2D eigenvalue weighted by Crippen LogP contribution is 2.41. The van der Waals surface area contributed by atoms with Crippen LogP contribution in [0.3, 0.4) is 0 Å². The maximum Gasteiger partial charge on any atom is 0.169 e. The van der Waals surface area contributed by atoms with Crippen molar-refractivity contribution in [1.29, 1.82) is 0 Å². The summed E-state index contributed by atoms with van der Waals surface area (Å²) in [6.45, 7) is 1.86. The molecule has 0 saturated carbocycles. The van der Waals surface area contributed by atoms with Gasteiger partial charge in [0.25, 0.3) is 0 Å². The van der Waals surface area contributed by atoms with Gasteiger partial charge in [0, 0.05) is 25.2 Å². The lowest BCUT2D eigenvalue weighted by molar-refractivity contribution is 0.228. The normalized spacial score (nSPS) is 18.2. The van der Waals surface area contributed by atoms with Gasteiger partial charge in [-0.2, -0.15) is 0 Å². The molecule has 6 rings (SSSR count). The lowest BCUT2D eigenvalue weighted by atomic mass is 9.88. The summed E-state index contributed by atoms with van der Waals surface area (Å²) < 4.78 is 22.8. The van der Waals surface area contributed by atoms with E-state index in [1.807, 2.05) is 36.4 Å². The molecule has 2 atom stereocenters. The Labute approximate surface area is 265 Å². The predicted molar refractivity (Wildman–Crippen MR) is 174 cm³/mol. The summed E-state index contributed by atoms with van der Waals surface area (Å²) in [4.78, 5) is 4.71. The molecule has 2 aliphatic heterocycles. The van der Waals surface area contributed by atoms with Crippen LogP contribution < -0.4 is 18.9 Å². The lowest BCUT2D eigenvalue weighted by Crippen LogP contribution is -2.33. The van der Waals surface area contributed by atoms with Crippen LogP contribution in [0.25, 0.3) is 0 Å². The number of rotatable bonds is 9. The van der Waals surface area contributed by atoms with Gasteiger partial charge in [-0.1, -0.05) is 18.2 Å². The minimum absolute atomic E-state index is 0.0941. The minimum Gasteiger partial charge on any atom is -0.504 e. The summed E-state index contributed by atoms with van der Waals surface area (Å²) in [5, 5.41) is 21.0. The number of aromatic hydroxyl groups is 2. The molecule has 0 bridgehead atoms. The average Bonchev–Trinajstić information content (AvgIpc) is 3.05. The quantitative estimate of drug-likeness (QED) is 0.224. The van der Waals surface area contributed by atoms with Crippen LogP contribution in [0.5, 0.6) is 40.2 Å². The molecule has 0 spiro atoms. The van der Waals surface area contributed by atoms with E-state index in [4.69, 9.17) is 18.9 Å². The largest absolute Gasteiger partial charge is 0.504 e. The number of nitrogens with zero attached hydrogens (tertiary/aromatic N) is 2. The summed E-state index contributed by atoms with van der Waals surface area (Å²) in [5.41, 5.74) is 7.08. The fourth-order valence-corrected chi connectivity index (χ4v) is 6.73. The van der Waals surface area contributed by atoms with Gasteiger partial charge < -0.3 is 29.2 Å². The number of phenolic OH excluding ortho intramolecular Hbond substituents is 2. The highest BCUT2D eigenvalue weighted by molar-refractivity contribution is 5.51. The van der Waals surface area contributed by atoms with Crippen molar-refractivity contribution < 1.29 is 29.2 Å². The van der Waals surface area contributed by atoms with E-state index in [-0.39, 0.29) is 23.6 Å². The van der Waals surface area contributed by atoms with Crippen LogP contribution in [-0.2, 0) is 25.7 Å². The van der Waals surface area contributed by atoms with Crippen molar-refractivity contribution in [3.05, 3.63) is 100 Å². The molecule has 2 heterocycles. The molecule has 45 heavy (non-hydrogen) atoms. The second-order valence-electron chi connectivity index (χ2n) is 12.1. The lowest BCUT2D eigenvalue weighted by Gasteiger charge is -2.35. The van der Waals surface area contributed by atoms with Crippen molar-refractivity contribution in [2.45, 2.75) is 37.8 Å². The Balaban J connectivity index is 1.18. The molecule has 0 saturated heterocycles. The fourth-order valence-electron chi connectivity index (χ4n) is 6.73. The Morgan fingerprint density at radius 1 is 0.600 bits per heavy atom. The van der Waals surface area contributed by atoms with Crippen molar-refractivity contribution in [2.24, 2.45) is 0 Å². The smallest absolute Gasteiger partial charge is 0.169 e. The number of hydrogen-bond acceptors (Lipinski definition) is 8. The van der Waals surface area contributed by atoms with Crippen LogP contribution >= 0.6 is 0 Å². The zero-order valence-corrected chi connectivity index (χ0v) is 26.7. The van der Waals surface area contributed by atoms with Crippen LogP contribution in [0.15, 0.2) is 66.7 Å². The van der Waals surface area contributed by atoms with Crippen molar-refractivity contribution in [3.8, 4) is 40.2 Å². The van der Waals surface area contributed by atoms with Crippen molar-refractivity contribution in [3.63, 3.8) is 0 Å². The number of likely N-dealkylation sites (N-methyl/N-ethyl adjacent to an activating group) is 2. The van der Waals surface area contributed by atoms with E-state index in [9.17, 15) is 10.2 Å². The van der Waals surface area contributed by atoms with Crippen molar-refractivity contribution >= 4 is 0 Å². The van der Waals surface area contributed by atoms with E-state index >= 15 is 0 Å². The number of ether oxygens (including phenoxy) is 4. The van der Waals surface area contributed by atoms with Gasteiger partial charge in [0.2, 0.25) is 0 Å². The van der Waals surface area contributed by atoms with Gasteiger partial charge in [-0.3, -0.25) is 9.80 Å². The molecule has 2 unspecified atom stereocenters. The van der Waals surface area contributed by atoms with E-state index < -0.39 is 0 Å². The van der Waals surface area contributed by atoms with Gasteiger partial charge in [-0.15, -0.1) is 0 Å². The van der Waals surface area contributed by atoms with Crippen LogP contribution in [0, 0.1) is 0 Å². The zero-order valence-electron chi connectivity index (χ0n) is 26.7. The molecule has 2 aliphatic rings. The number of hydrogen-bond donors (Lipinski definition) is 2. The van der Waals surface area contributed by atoms with E-state index in [1.165, 1.54) is 16.7 Å². The van der Waals surface area contributed by atoms with Crippen LogP contribution in [0.1, 0.15) is 45.5 Å². The van der Waals surface area contributed by atoms with Gasteiger partial charge in [0.05, 0.1) is 21.3 Å². The first kappa shape index (κ1) is 30.6. The van der Waals surface area contributed by atoms with Crippen molar-refractivity contribution in [2.75, 3.05) is 48.5 Å². The molecule has 4 aromatic rings. The topological polar surface area (TPSA) is 83.9 Å². The maximum atomic E-state index is 10.7. The summed E-state index contributed by atoms with van der Waals surface area (Å²) in [6, 6.07) is 22.0. The van der Waals surface area contributed by atoms with E-state index in [0.29, 0.717) is 17.2 Å². The minimum atomic E-state index is 0.0941. The molecule has 0 aromatic heterocycles. The molecule has 8 heteroatoms. The molecule has 0 radical (unpaired) electrons. The SMILES string of the molecule is COc1cc2c(cc1O)CCN(C)C2Cc1ccc(O)c(Oc2ccc(CC3c4cc(OC)c(OC)cc4CCN3C)cc2)c1. The number of fused-ring (bicyclic) bond motifs is 2. The molecule has 236 valence electrons. The molecule has 4 aromatic carbocycles. The number of phenols is 2. The second-order valence-corrected chi connectivity index (χ2v) is 12.1. The van der Waals surface area contributed by atoms with Gasteiger partial charge in [-0.25, -0.2) is 0 Å². The monoisotopic (exact) mass is 610 g/mol. The molecule has 0 amide bonds. The summed E-state index contributed by atoms with van der Waals surface area (Å²) >= 11 is 0. The third kappa shape index (κ3) is 6.26. The van der Waals surface area contributed by atoms with Crippen LogP contribution in [0.4, 0.5) is 0 Å².